The minimum absolute atomic E-state index is 0. The molecule has 0 spiro atoms. The Morgan fingerprint density at radius 2 is 2.10 bits per heavy atom. The molecule has 114 valence electrons. The fraction of sp³-hybridized carbons (Fsp3) is 0.429. The summed E-state index contributed by atoms with van der Waals surface area (Å²) in [7, 11) is 1.91. The van der Waals surface area contributed by atoms with Gasteiger partial charge in [0.25, 0.3) is 5.89 Å². The van der Waals surface area contributed by atoms with Gasteiger partial charge in [-0.2, -0.15) is 4.98 Å². The summed E-state index contributed by atoms with van der Waals surface area (Å²) in [5, 5.41) is 7.15. The van der Waals surface area contributed by atoms with Gasteiger partial charge in [-0.05, 0) is 26.1 Å². The first-order valence-electron chi connectivity index (χ1n) is 6.66. The number of aromatic nitrogens is 2. The quantitative estimate of drug-likeness (QED) is 0.932. The Morgan fingerprint density at radius 1 is 1.29 bits per heavy atom. The van der Waals surface area contributed by atoms with Crippen molar-refractivity contribution in [1.29, 1.82) is 0 Å². The highest BCUT2D eigenvalue weighted by atomic mass is 35.5. The van der Waals surface area contributed by atoms with Crippen molar-refractivity contribution in [1.82, 2.24) is 15.5 Å². The highest BCUT2D eigenvalue weighted by Crippen LogP contribution is 2.39. The smallest absolute Gasteiger partial charge is 0.261 e. The van der Waals surface area contributed by atoms with E-state index in [4.69, 9.17) is 14.0 Å². The van der Waals surface area contributed by atoms with E-state index >= 15 is 0 Å². The van der Waals surface area contributed by atoms with Crippen molar-refractivity contribution in [2.75, 3.05) is 20.3 Å². The van der Waals surface area contributed by atoms with Gasteiger partial charge in [-0.3, -0.25) is 0 Å². The molecule has 1 aromatic carbocycles. The molecule has 21 heavy (non-hydrogen) atoms. The molecule has 1 unspecified atom stereocenters. The Balaban J connectivity index is 0.00000161. The summed E-state index contributed by atoms with van der Waals surface area (Å²) in [4.78, 5) is 4.42. The predicted octanol–water partition coefficient (Wildman–Crippen LogP) is 2.08. The molecule has 0 bridgehead atoms. The zero-order valence-corrected chi connectivity index (χ0v) is 12.8. The van der Waals surface area contributed by atoms with E-state index in [1.807, 2.05) is 25.2 Å². The molecular formula is C14H18ClN3O3. The van der Waals surface area contributed by atoms with E-state index in [0.717, 1.165) is 11.3 Å². The predicted molar refractivity (Wildman–Crippen MR) is 80.2 cm³/mol. The number of nitrogens with one attached hydrogen (secondary N) is 1. The molecule has 1 aromatic heterocycles. The minimum atomic E-state index is 0. The van der Waals surface area contributed by atoms with Gasteiger partial charge < -0.3 is 19.3 Å². The van der Waals surface area contributed by atoms with E-state index < -0.39 is 0 Å². The molecule has 0 saturated heterocycles. The van der Waals surface area contributed by atoms with Crippen LogP contribution in [0.1, 0.15) is 12.7 Å². The van der Waals surface area contributed by atoms with Gasteiger partial charge in [-0.15, -0.1) is 12.4 Å². The highest BCUT2D eigenvalue weighted by molar-refractivity contribution is 5.85. The maximum atomic E-state index is 5.66. The molecule has 6 nitrogen and oxygen atoms in total. The molecule has 1 aliphatic heterocycles. The first-order valence-corrected chi connectivity index (χ1v) is 6.66. The van der Waals surface area contributed by atoms with E-state index in [0.29, 0.717) is 43.1 Å². The van der Waals surface area contributed by atoms with E-state index in [1.54, 1.807) is 0 Å². The van der Waals surface area contributed by atoms with Crippen molar-refractivity contribution >= 4 is 12.4 Å². The third-order valence-electron chi connectivity index (χ3n) is 3.25. The summed E-state index contributed by atoms with van der Waals surface area (Å²) in [6.07, 6.45) is 0.715. The van der Waals surface area contributed by atoms with Crippen molar-refractivity contribution < 1.29 is 14.0 Å². The molecule has 2 aromatic rings. The summed E-state index contributed by atoms with van der Waals surface area (Å²) < 4.78 is 16.5. The number of likely N-dealkylation sites (N-methyl/N-ethyl adjacent to an activating group) is 1. The van der Waals surface area contributed by atoms with Crippen LogP contribution >= 0.6 is 12.4 Å². The summed E-state index contributed by atoms with van der Waals surface area (Å²) in [5.41, 5.74) is 0.776. The molecule has 2 heterocycles. The second-order valence-electron chi connectivity index (χ2n) is 4.74. The lowest BCUT2D eigenvalue weighted by Crippen LogP contribution is -2.24. The Bertz CT molecular complexity index is 603. The fourth-order valence-electron chi connectivity index (χ4n) is 2.06. The zero-order valence-electron chi connectivity index (χ0n) is 12.0. The van der Waals surface area contributed by atoms with Crippen LogP contribution in [0, 0.1) is 0 Å². The maximum absolute atomic E-state index is 5.66. The zero-order chi connectivity index (χ0) is 13.9. The van der Waals surface area contributed by atoms with Crippen LogP contribution in [0.4, 0.5) is 0 Å². The van der Waals surface area contributed by atoms with Gasteiger partial charge in [0, 0.05) is 12.5 Å². The minimum Gasteiger partial charge on any atom is -0.486 e. The summed E-state index contributed by atoms with van der Waals surface area (Å²) in [6, 6.07) is 5.96. The Hall–Kier alpha value is -1.79. The number of ether oxygens (including phenoxy) is 2. The van der Waals surface area contributed by atoms with Crippen molar-refractivity contribution in [3.8, 4) is 23.0 Å². The lowest BCUT2D eigenvalue weighted by Gasteiger charge is -2.19. The first kappa shape index (κ1) is 15.6. The van der Waals surface area contributed by atoms with Gasteiger partial charge in [0.2, 0.25) is 0 Å². The third kappa shape index (κ3) is 3.28. The molecule has 1 atom stereocenters. The van der Waals surface area contributed by atoms with Crippen LogP contribution in [0.5, 0.6) is 11.5 Å². The molecule has 7 heteroatoms. The molecule has 0 amide bonds. The Morgan fingerprint density at radius 3 is 2.90 bits per heavy atom. The Kier molecular flexibility index (Phi) is 5.03. The molecule has 0 saturated carbocycles. The summed E-state index contributed by atoms with van der Waals surface area (Å²) in [6.45, 7) is 3.16. The van der Waals surface area contributed by atoms with Crippen LogP contribution in [-0.4, -0.2) is 36.4 Å². The van der Waals surface area contributed by atoms with Crippen LogP contribution in [0.3, 0.4) is 0 Å². The largest absolute Gasteiger partial charge is 0.486 e. The molecule has 0 radical (unpaired) electrons. The number of para-hydroxylation sites is 1. The van der Waals surface area contributed by atoms with Crippen molar-refractivity contribution in [3.05, 3.63) is 24.0 Å². The van der Waals surface area contributed by atoms with Crippen LogP contribution in [0.2, 0.25) is 0 Å². The summed E-state index contributed by atoms with van der Waals surface area (Å²) >= 11 is 0. The highest BCUT2D eigenvalue weighted by Gasteiger charge is 2.21. The van der Waals surface area contributed by atoms with Crippen molar-refractivity contribution in [3.63, 3.8) is 0 Å². The second-order valence-corrected chi connectivity index (χ2v) is 4.74. The number of hydrogen-bond acceptors (Lipinski definition) is 6. The molecular weight excluding hydrogens is 294 g/mol. The van der Waals surface area contributed by atoms with Gasteiger partial charge in [0.05, 0.1) is 5.56 Å². The third-order valence-corrected chi connectivity index (χ3v) is 3.25. The summed E-state index contributed by atoms with van der Waals surface area (Å²) in [5.74, 6) is 2.54. The molecule has 1 aliphatic rings. The normalized spacial score (nSPS) is 14.4. The monoisotopic (exact) mass is 311 g/mol. The van der Waals surface area contributed by atoms with E-state index in [1.165, 1.54) is 0 Å². The van der Waals surface area contributed by atoms with Gasteiger partial charge in [-0.25, -0.2) is 0 Å². The van der Waals surface area contributed by atoms with Crippen LogP contribution in [0.25, 0.3) is 11.5 Å². The lowest BCUT2D eigenvalue weighted by atomic mass is 10.1. The van der Waals surface area contributed by atoms with Crippen molar-refractivity contribution in [2.45, 2.75) is 19.4 Å². The standard InChI is InChI=1S/C14H17N3O3.ClH/c1-9(15-2)8-12-16-14(20-17-12)10-4-3-5-11-13(10)19-7-6-18-11;/h3-5,9,15H,6-8H2,1-2H3;1H. The van der Waals surface area contributed by atoms with Gasteiger partial charge in [0.1, 0.15) is 13.2 Å². The van der Waals surface area contributed by atoms with E-state index in [2.05, 4.69) is 22.4 Å². The molecule has 3 rings (SSSR count). The number of halogens is 1. The number of benzene rings is 1. The SMILES string of the molecule is CNC(C)Cc1noc(-c2cccc3c2OCCO3)n1.Cl. The first-order chi connectivity index (χ1) is 9.78. The van der Waals surface area contributed by atoms with Gasteiger partial charge >= 0.3 is 0 Å². The van der Waals surface area contributed by atoms with Crippen LogP contribution in [-0.2, 0) is 6.42 Å². The number of nitrogens with zero attached hydrogens (tertiary/aromatic N) is 2. The van der Waals surface area contributed by atoms with Gasteiger partial charge in [-0.1, -0.05) is 11.2 Å². The number of hydrogen-bond donors (Lipinski definition) is 1. The average Bonchev–Trinajstić information content (AvgIpc) is 2.94. The average molecular weight is 312 g/mol. The van der Waals surface area contributed by atoms with Crippen molar-refractivity contribution in [2.24, 2.45) is 0 Å². The van der Waals surface area contributed by atoms with E-state index in [-0.39, 0.29) is 12.4 Å². The van der Waals surface area contributed by atoms with Gasteiger partial charge in [0.15, 0.2) is 17.3 Å². The molecule has 1 N–H and O–H groups in total. The maximum Gasteiger partial charge on any atom is 0.261 e. The van der Waals surface area contributed by atoms with Crippen LogP contribution in [0.15, 0.2) is 22.7 Å². The molecule has 0 aliphatic carbocycles. The number of rotatable bonds is 4. The second kappa shape index (κ2) is 6.78. The van der Waals surface area contributed by atoms with E-state index in [9.17, 15) is 0 Å². The molecule has 0 fully saturated rings. The Labute approximate surface area is 129 Å². The lowest BCUT2D eigenvalue weighted by molar-refractivity contribution is 0.172. The number of fused-ring (bicyclic) bond motifs is 1. The van der Waals surface area contributed by atoms with Crippen LogP contribution < -0.4 is 14.8 Å². The fourth-order valence-corrected chi connectivity index (χ4v) is 2.06. The topological polar surface area (TPSA) is 69.4 Å².